The molecule has 0 bridgehead atoms. The van der Waals surface area contributed by atoms with E-state index < -0.39 is 0 Å². The molecule has 2 nitrogen and oxygen atoms in total. The van der Waals surface area contributed by atoms with Crippen LogP contribution in [0.2, 0.25) is 0 Å². The van der Waals surface area contributed by atoms with E-state index in [-0.39, 0.29) is 6.61 Å². The van der Waals surface area contributed by atoms with Gasteiger partial charge in [0.25, 0.3) is 0 Å². The minimum Gasteiger partial charge on any atom is -0.396 e. The van der Waals surface area contributed by atoms with Gasteiger partial charge >= 0.3 is 0 Å². The zero-order valence-electron chi connectivity index (χ0n) is 11.4. The minimum absolute atomic E-state index is 0.276. The maximum Gasteiger partial charge on any atom is 0.0576 e. The lowest BCUT2D eigenvalue weighted by Gasteiger charge is -2.16. The molecule has 0 radical (unpaired) electrons. The molecule has 1 heterocycles. The van der Waals surface area contributed by atoms with Crippen LogP contribution in [0.1, 0.15) is 37.7 Å². The number of hydrogen-bond donors (Lipinski definition) is 1. The molecule has 2 rings (SSSR count). The Bertz CT molecular complexity index is 375. The van der Waals surface area contributed by atoms with Gasteiger partial charge in [0.2, 0.25) is 0 Å². The predicted octanol–water partition coefficient (Wildman–Crippen LogP) is 3.95. The average molecular weight is 327 g/mol. The average Bonchev–Trinajstić information content (AvgIpc) is 2.91. The van der Waals surface area contributed by atoms with E-state index in [0.29, 0.717) is 12.0 Å². The van der Waals surface area contributed by atoms with Gasteiger partial charge in [-0.3, -0.25) is 0 Å². The molecule has 106 valence electrons. The molecule has 0 aromatic heterocycles. The van der Waals surface area contributed by atoms with Gasteiger partial charge in [0.05, 0.1) is 6.10 Å². The van der Waals surface area contributed by atoms with Crippen molar-refractivity contribution >= 4 is 15.9 Å². The molecule has 0 amide bonds. The third kappa shape index (κ3) is 5.25. The van der Waals surface area contributed by atoms with Crippen molar-refractivity contribution in [3.8, 4) is 0 Å². The highest BCUT2D eigenvalue weighted by molar-refractivity contribution is 9.10. The van der Waals surface area contributed by atoms with Gasteiger partial charge in [-0.25, -0.2) is 0 Å². The van der Waals surface area contributed by atoms with Crippen molar-refractivity contribution < 1.29 is 9.84 Å². The van der Waals surface area contributed by atoms with Gasteiger partial charge in [0.15, 0.2) is 0 Å². The number of rotatable bonds is 7. The Labute approximate surface area is 124 Å². The fourth-order valence-electron chi connectivity index (χ4n) is 2.76. The van der Waals surface area contributed by atoms with Crippen molar-refractivity contribution in [1.82, 2.24) is 0 Å². The maximum atomic E-state index is 9.51. The quantitative estimate of drug-likeness (QED) is 0.822. The van der Waals surface area contributed by atoms with Crippen molar-refractivity contribution in [3.05, 3.63) is 34.3 Å². The van der Waals surface area contributed by atoms with Gasteiger partial charge < -0.3 is 9.84 Å². The van der Waals surface area contributed by atoms with Crippen LogP contribution in [0.25, 0.3) is 0 Å². The molecular formula is C16H23BrO2. The number of ether oxygens (including phenoxy) is 1. The predicted molar refractivity (Wildman–Crippen MR) is 81.2 cm³/mol. The summed E-state index contributed by atoms with van der Waals surface area (Å²) in [5, 5.41) is 9.51. The second-order valence-corrected chi connectivity index (χ2v) is 6.36. The molecule has 1 saturated heterocycles. The fraction of sp³-hybridized carbons (Fsp3) is 0.625. The molecule has 1 aromatic rings. The summed E-state index contributed by atoms with van der Waals surface area (Å²) < 4.78 is 6.75. The van der Waals surface area contributed by atoms with Crippen molar-refractivity contribution in [2.24, 2.45) is 5.92 Å². The summed E-state index contributed by atoms with van der Waals surface area (Å²) >= 11 is 3.49. The van der Waals surface area contributed by atoms with Crippen LogP contribution >= 0.6 is 15.9 Å². The van der Waals surface area contributed by atoms with E-state index in [2.05, 4.69) is 34.1 Å². The molecule has 19 heavy (non-hydrogen) atoms. The molecule has 1 N–H and O–H groups in total. The normalized spacial score (nSPS) is 20.6. The Kier molecular flexibility index (Phi) is 6.35. The zero-order chi connectivity index (χ0) is 13.5. The summed E-state index contributed by atoms with van der Waals surface area (Å²) in [5.74, 6) is 0.371. The summed E-state index contributed by atoms with van der Waals surface area (Å²) in [4.78, 5) is 0. The molecule has 1 aliphatic heterocycles. The fourth-order valence-corrected chi connectivity index (χ4v) is 3.21. The van der Waals surface area contributed by atoms with Gasteiger partial charge in [-0.15, -0.1) is 0 Å². The highest BCUT2D eigenvalue weighted by Gasteiger charge is 2.16. The van der Waals surface area contributed by atoms with Crippen LogP contribution in [0, 0.1) is 5.92 Å². The van der Waals surface area contributed by atoms with Gasteiger partial charge in [-0.05, 0) is 55.7 Å². The summed E-state index contributed by atoms with van der Waals surface area (Å²) in [6.07, 6.45) is 7.26. The lowest BCUT2D eigenvalue weighted by atomic mass is 9.94. The Morgan fingerprint density at radius 2 is 2.32 bits per heavy atom. The van der Waals surface area contributed by atoms with E-state index in [1.165, 1.54) is 18.4 Å². The molecule has 1 aromatic carbocycles. The third-order valence-corrected chi connectivity index (χ3v) is 4.33. The second kappa shape index (κ2) is 8.03. The molecular weight excluding hydrogens is 304 g/mol. The number of aliphatic hydroxyl groups is 1. The Hall–Kier alpha value is -0.380. The van der Waals surface area contributed by atoms with E-state index in [1.807, 2.05) is 6.07 Å². The highest BCUT2D eigenvalue weighted by Crippen LogP contribution is 2.22. The first-order valence-electron chi connectivity index (χ1n) is 7.25. The van der Waals surface area contributed by atoms with Gasteiger partial charge in [0, 0.05) is 17.7 Å². The van der Waals surface area contributed by atoms with Gasteiger partial charge in [-0.1, -0.05) is 34.5 Å². The van der Waals surface area contributed by atoms with Crippen LogP contribution in [0.4, 0.5) is 0 Å². The smallest absolute Gasteiger partial charge is 0.0576 e. The summed E-state index contributed by atoms with van der Waals surface area (Å²) in [6, 6.07) is 8.37. The lowest BCUT2D eigenvalue weighted by molar-refractivity contribution is 0.0990. The largest absolute Gasteiger partial charge is 0.396 e. The standard InChI is InChI=1S/C16H23BrO2/c17-15-6-1-4-13(11-15)10-14(12-18)5-2-7-16-8-3-9-19-16/h1,4,6,11,14,16,18H,2-3,5,7-10,12H2. The van der Waals surface area contributed by atoms with Crippen LogP contribution in [-0.2, 0) is 11.2 Å². The van der Waals surface area contributed by atoms with Crippen molar-refractivity contribution in [3.63, 3.8) is 0 Å². The van der Waals surface area contributed by atoms with Crippen LogP contribution < -0.4 is 0 Å². The van der Waals surface area contributed by atoms with E-state index >= 15 is 0 Å². The molecule has 0 spiro atoms. The van der Waals surface area contributed by atoms with Crippen LogP contribution in [0.3, 0.4) is 0 Å². The maximum absolute atomic E-state index is 9.51. The highest BCUT2D eigenvalue weighted by atomic mass is 79.9. The SMILES string of the molecule is OCC(CCCC1CCCO1)Cc1cccc(Br)c1. The molecule has 2 unspecified atom stereocenters. The molecule has 3 heteroatoms. The van der Waals surface area contributed by atoms with E-state index in [1.54, 1.807) is 0 Å². The molecule has 1 aliphatic rings. The van der Waals surface area contributed by atoms with Crippen molar-refractivity contribution in [1.29, 1.82) is 0 Å². The lowest BCUT2D eigenvalue weighted by Crippen LogP contribution is -2.12. The zero-order valence-corrected chi connectivity index (χ0v) is 12.9. The van der Waals surface area contributed by atoms with E-state index in [9.17, 15) is 5.11 Å². The number of aliphatic hydroxyl groups excluding tert-OH is 1. The first-order valence-corrected chi connectivity index (χ1v) is 8.04. The van der Waals surface area contributed by atoms with Crippen molar-refractivity contribution in [2.75, 3.05) is 13.2 Å². The molecule has 0 aliphatic carbocycles. The Morgan fingerprint density at radius 1 is 1.42 bits per heavy atom. The Morgan fingerprint density at radius 3 is 3.00 bits per heavy atom. The van der Waals surface area contributed by atoms with E-state index in [0.717, 1.165) is 36.8 Å². The second-order valence-electron chi connectivity index (χ2n) is 5.45. The third-order valence-electron chi connectivity index (χ3n) is 3.83. The van der Waals surface area contributed by atoms with Crippen LogP contribution in [0.15, 0.2) is 28.7 Å². The molecule has 0 saturated carbocycles. The first kappa shape index (κ1) is 15.0. The van der Waals surface area contributed by atoms with Gasteiger partial charge in [0.1, 0.15) is 0 Å². The van der Waals surface area contributed by atoms with Gasteiger partial charge in [-0.2, -0.15) is 0 Å². The summed E-state index contributed by atoms with van der Waals surface area (Å²) in [6.45, 7) is 1.21. The Balaban J connectivity index is 1.73. The number of hydrogen-bond acceptors (Lipinski definition) is 2. The van der Waals surface area contributed by atoms with Crippen molar-refractivity contribution in [2.45, 2.75) is 44.6 Å². The first-order chi connectivity index (χ1) is 9.28. The number of benzene rings is 1. The monoisotopic (exact) mass is 326 g/mol. The summed E-state index contributed by atoms with van der Waals surface area (Å²) in [5.41, 5.74) is 1.30. The van der Waals surface area contributed by atoms with Crippen LogP contribution in [-0.4, -0.2) is 24.4 Å². The molecule has 2 atom stereocenters. The number of halogens is 1. The topological polar surface area (TPSA) is 29.5 Å². The summed E-state index contributed by atoms with van der Waals surface area (Å²) in [7, 11) is 0. The van der Waals surface area contributed by atoms with Crippen LogP contribution in [0.5, 0.6) is 0 Å². The minimum atomic E-state index is 0.276. The molecule has 1 fully saturated rings. The van der Waals surface area contributed by atoms with E-state index in [4.69, 9.17) is 4.74 Å².